The zero-order valence-electron chi connectivity index (χ0n) is 24.7. The van der Waals surface area contributed by atoms with Crippen LogP contribution in [-0.4, -0.2) is 92.9 Å². The molecular weight excluding hydrogens is 612 g/mol. The molecule has 16 heteroatoms. The fourth-order valence-corrected chi connectivity index (χ4v) is 5.29. The maximum atomic E-state index is 10.6. The van der Waals surface area contributed by atoms with Crippen LogP contribution in [-0.2, 0) is 28.2 Å². The number of carbonyl (C=O) groups is 2. The number of hydrogen-bond acceptors (Lipinski definition) is 7. The third kappa shape index (κ3) is 9.41. The number of nitrogens with zero attached hydrogens (tertiary/aromatic N) is 5. The molecule has 5 rings (SSSR count). The zero-order chi connectivity index (χ0) is 33.6. The number of methoxy groups -OCH3 is 1. The Balaban J connectivity index is 0.000000331. The molecule has 2 N–H and O–H groups in total. The minimum atomic E-state index is -5.08. The minimum Gasteiger partial charge on any atom is -0.497 e. The van der Waals surface area contributed by atoms with E-state index in [0.717, 1.165) is 68.5 Å². The first-order valence-corrected chi connectivity index (χ1v) is 13.6. The second-order valence-corrected chi connectivity index (χ2v) is 10.8. The standard InChI is InChI=1S/C25H31N5O.2C2HF3O2/c1-19-5-4-6-20(15-19)16-29-13-11-25(12-14-29)18-28(2)17-23-26-27-24(30(23)25)21-7-9-22(31-3)10-8-21;2*3-2(4,5)1(6)7/h4-10,15H,11-14,16-18H2,1-3H3;2*(H,6,7). The summed E-state index contributed by atoms with van der Waals surface area (Å²) in [7, 11) is 3.90. The van der Waals surface area contributed by atoms with Gasteiger partial charge in [-0.3, -0.25) is 9.80 Å². The van der Waals surface area contributed by atoms with Crippen LogP contribution in [0.5, 0.6) is 5.75 Å². The minimum absolute atomic E-state index is 0.0458. The molecule has 3 aromatic rings. The van der Waals surface area contributed by atoms with Crippen LogP contribution in [0.2, 0.25) is 0 Å². The Morgan fingerprint density at radius 2 is 1.49 bits per heavy atom. The van der Waals surface area contributed by atoms with Crippen LogP contribution in [0.4, 0.5) is 26.3 Å². The van der Waals surface area contributed by atoms with Gasteiger partial charge in [0.2, 0.25) is 0 Å². The summed E-state index contributed by atoms with van der Waals surface area (Å²) in [5.41, 5.74) is 3.88. The van der Waals surface area contributed by atoms with E-state index >= 15 is 0 Å². The molecule has 0 amide bonds. The Hall–Kier alpha value is -4.18. The first kappa shape index (κ1) is 35.3. The molecule has 2 aliphatic rings. The Morgan fingerprint density at radius 1 is 0.933 bits per heavy atom. The topological polar surface area (TPSA) is 121 Å². The summed E-state index contributed by atoms with van der Waals surface area (Å²) in [4.78, 5) is 22.8. The molecule has 1 spiro atoms. The fourth-order valence-electron chi connectivity index (χ4n) is 5.29. The van der Waals surface area contributed by atoms with Crippen LogP contribution in [0.3, 0.4) is 0 Å². The number of aryl methyl sites for hydroxylation is 1. The fraction of sp³-hybridized carbons (Fsp3) is 0.448. The van der Waals surface area contributed by atoms with Crippen molar-refractivity contribution in [1.29, 1.82) is 0 Å². The number of benzene rings is 2. The van der Waals surface area contributed by atoms with Gasteiger partial charge in [0.1, 0.15) is 11.6 Å². The molecular formula is C29H33F6N5O5. The van der Waals surface area contributed by atoms with E-state index < -0.39 is 24.3 Å². The molecule has 45 heavy (non-hydrogen) atoms. The Bertz CT molecular complexity index is 1430. The molecule has 0 atom stereocenters. The van der Waals surface area contributed by atoms with Gasteiger partial charge in [-0.25, -0.2) is 9.59 Å². The van der Waals surface area contributed by atoms with E-state index in [2.05, 4.69) is 74.9 Å². The number of aliphatic carboxylic acids is 2. The average molecular weight is 646 g/mol. The number of likely N-dealkylation sites (N-methyl/N-ethyl adjacent to an activating group) is 1. The van der Waals surface area contributed by atoms with E-state index in [-0.39, 0.29) is 5.54 Å². The number of carboxylic acids is 2. The van der Waals surface area contributed by atoms with Crippen molar-refractivity contribution in [2.24, 2.45) is 0 Å². The normalized spacial score (nSPS) is 16.5. The lowest BCUT2D eigenvalue weighted by Crippen LogP contribution is -2.55. The molecule has 0 unspecified atom stereocenters. The van der Waals surface area contributed by atoms with Crippen LogP contribution >= 0.6 is 0 Å². The lowest BCUT2D eigenvalue weighted by Gasteiger charge is -2.48. The van der Waals surface area contributed by atoms with Gasteiger partial charge in [0.25, 0.3) is 0 Å². The van der Waals surface area contributed by atoms with Crippen molar-refractivity contribution in [3.8, 4) is 17.1 Å². The molecule has 2 aliphatic heterocycles. The van der Waals surface area contributed by atoms with Crippen LogP contribution < -0.4 is 4.74 Å². The van der Waals surface area contributed by atoms with Crippen molar-refractivity contribution >= 4 is 11.9 Å². The summed E-state index contributed by atoms with van der Waals surface area (Å²) in [6.45, 7) is 7.25. The molecule has 0 aliphatic carbocycles. The molecule has 246 valence electrons. The average Bonchev–Trinajstić information content (AvgIpc) is 3.39. The highest BCUT2D eigenvalue weighted by Gasteiger charge is 2.43. The largest absolute Gasteiger partial charge is 0.497 e. The van der Waals surface area contributed by atoms with E-state index in [1.54, 1.807) is 7.11 Å². The molecule has 10 nitrogen and oxygen atoms in total. The van der Waals surface area contributed by atoms with Gasteiger partial charge >= 0.3 is 24.3 Å². The predicted octanol–water partition coefficient (Wildman–Crippen LogP) is 4.97. The molecule has 1 fully saturated rings. The number of piperidine rings is 1. The van der Waals surface area contributed by atoms with Crippen molar-refractivity contribution < 1.29 is 50.9 Å². The van der Waals surface area contributed by atoms with Gasteiger partial charge in [0.05, 0.1) is 19.2 Å². The van der Waals surface area contributed by atoms with E-state index in [4.69, 9.17) is 24.5 Å². The molecule has 0 bridgehead atoms. The maximum absolute atomic E-state index is 10.6. The van der Waals surface area contributed by atoms with Gasteiger partial charge in [0, 0.05) is 31.7 Å². The number of alkyl halides is 6. The lowest BCUT2D eigenvalue weighted by atomic mass is 9.84. The van der Waals surface area contributed by atoms with Gasteiger partial charge < -0.3 is 19.5 Å². The summed E-state index contributed by atoms with van der Waals surface area (Å²) in [6.07, 6.45) is -7.95. The van der Waals surface area contributed by atoms with E-state index in [0.29, 0.717) is 0 Å². The number of hydrogen-bond donors (Lipinski definition) is 2. The number of likely N-dealkylation sites (tertiary alicyclic amines) is 1. The molecule has 3 heterocycles. The van der Waals surface area contributed by atoms with Crippen molar-refractivity contribution in [3.63, 3.8) is 0 Å². The van der Waals surface area contributed by atoms with Gasteiger partial charge in [-0.15, -0.1) is 10.2 Å². The van der Waals surface area contributed by atoms with Crippen molar-refractivity contribution in [2.75, 3.05) is 33.8 Å². The third-order valence-corrected chi connectivity index (χ3v) is 7.29. The van der Waals surface area contributed by atoms with Crippen molar-refractivity contribution in [1.82, 2.24) is 24.6 Å². The van der Waals surface area contributed by atoms with Gasteiger partial charge in [-0.05, 0) is 56.6 Å². The first-order valence-electron chi connectivity index (χ1n) is 13.6. The Morgan fingerprint density at radius 3 is 1.98 bits per heavy atom. The summed E-state index contributed by atoms with van der Waals surface area (Å²) < 4.78 is 71.3. The third-order valence-electron chi connectivity index (χ3n) is 7.29. The van der Waals surface area contributed by atoms with Crippen LogP contribution in [0.15, 0.2) is 48.5 Å². The number of rotatable bonds is 4. The SMILES string of the molecule is COc1ccc(-c2nnc3n2C2(CCN(Cc4cccc(C)c4)CC2)CN(C)C3)cc1.O=C(O)C(F)(F)F.O=C(O)C(F)(F)F. The van der Waals surface area contributed by atoms with Crippen molar-refractivity contribution in [3.05, 3.63) is 65.5 Å². The summed E-state index contributed by atoms with van der Waals surface area (Å²) in [5.74, 6) is -2.59. The highest BCUT2D eigenvalue weighted by Crippen LogP contribution is 2.39. The molecule has 0 radical (unpaired) electrons. The second-order valence-electron chi connectivity index (χ2n) is 10.8. The zero-order valence-corrected chi connectivity index (χ0v) is 24.7. The Kier molecular flexibility index (Phi) is 11.2. The van der Waals surface area contributed by atoms with E-state index in [1.807, 2.05) is 12.1 Å². The molecule has 2 aromatic carbocycles. The van der Waals surface area contributed by atoms with Crippen LogP contribution in [0, 0.1) is 6.92 Å². The van der Waals surface area contributed by atoms with Gasteiger partial charge in [0.15, 0.2) is 5.82 Å². The summed E-state index contributed by atoms with van der Waals surface area (Å²) >= 11 is 0. The maximum Gasteiger partial charge on any atom is 0.490 e. The smallest absolute Gasteiger partial charge is 0.490 e. The highest BCUT2D eigenvalue weighted by molar-refractivity contribution is 5.73. The van der Waals surface area contributed by atoms with Gasteiger partial charge in [-0.1, -0.05) is 29.8 Å². The first-order chi connectivity index (χ1) is 20.9. The number of halogens is 6. The van der Waals surface area contributed by atoms with E-state index in [9.17, 15) is 26.3 Å². The second kappa shape index (κ2) is 14.3. The van der Waals surface area contributed by atoms with Crippen molar-refractivity contribution in [2.45, 2.75) is 50.7 Å². The molecule has 1 aromatic heterocycles. The lowest BCUT2D eigenvalue weighted by molar-refractivity contribution is -0.193. The number of aromatic nitrogens is 3. The van der Waals surface area contributed by atoms with Crippen LogP contribution in [0.1, 0.15) is 29.8 Å². The molecule has 0 saturated carbocycles. The number of carboxylic acid groups (broad SMARTS) is 2. The van der Waals surface area contributed by atoms with Gasteiger partial charge in [-0.2, -0.15) is 26.3 Å². The summed E-state index contributed by atoms with van der Waals surface area (Å²) in [5, 5.41) is 23.5. The van der Waals surface area contributed by atoms with E-state index in [1.165, 1.54) is 11.1 Å². The highest BCUT2D eigenvalue weighted by atomic mass is 19.4. The Labute approximate surface area is 254 Å². The predicted molar refractivity (Wildman–Crippen MR) is 149 cm³/mol. The monoisotopic (exact) mass is 645 g/mol. The number of ether oxygens (including phenoxy) is 1. The van der Waals surface area contributed by atoms with Crippen LogP contribution in [0.25, 0.3) is 11.4 Å². The molecule has 1 saturated heterocycles. The summed E-state index contributed by atoms with van der Waals surface area (Å²) in [6, 6.07) is 17.1. The quantitative estimate of drug-likeness (QED) is 0.379. The number of fused-ring (bicyclic) bond motifs is 2.